The Balaban J connectivity index is 1.64. The highest BCUT2D eigenvalue weighted by Gasteiger charge is 2.34. The Kier molecular flexibility index (Phi) is 5.82. The van der Waals surface area contributed by atoms with E-state index in [1.807, 2.05) is 31.2 Å². The van der Waals surface area contributed by atoms with Gasteiger partial charge in [0.2, 0.25) is 16.9 Å². The molecule has 1 aliphatic heterocycles. The zero-order chi connectivity index (χ0) is 18.5. The summed E-state index contributed by atoms with van der Waals surface area (Å²) in [4.78, 5) is 26.0. The van der Waals surface area contributed by atoms with E-state index >= 15 is 0 Å². The second kappa shape index (κ2) is 8.27. The standard InChI is InChI=1S/C18H22N4O3S/c1-3-4-5-15(23)19-18-21-20-17(26-18)12-10-16(24)22(11-12)13-6-8-14(25-2)9-7-13/h6-9,12H,3-5,10-11H2,1-2H3,(H,19,21,23)/t12-/m1/s1. The van der Waals surface area contributed by atoms with Crippen molar-refractivity contribution in [1.29, 1.82) is 0 Å². The van der Waals surface area contributed by atoms with E-state index in [-0.39, 0.29) is 17.7 Å². The highest BCUT2D eigenvalue weighted by molar-refractivity contribution is 7.15. The number of hydrogen-bond donors (Lipinski definition) is 1. The summed E-state index contributed by atoms with van der Waals surface area (Å²) >= 11 is 1.34. The van der Waals surface area contributed by atoms with Crippen molar-refractivity contribution in [1.82, 2.24) is 10.2 Å². The molecule has 138 valence electrons. The van der Waals surface area contributed by atoms with Gasteiger partial charge in [-0.25, -0.2) is 0 Å². The fourth-order valence-corrected chi connectivity index (χ4v) is 3.70. The molecule has 1 saturated heterocycles. The molecule has 1 fully saturated rings. The van der Waals surface area contributed by atoms with Gasteiger partial charge in [-0.2, -0.15) is 0 Å². The van der Waals surface area contributed by atoms with Crippen LogP contribution in [-0.2, 0) is 9.59 Å². The number of nitrogens with one attached hydrogen (secondary N) is 1. The molecule has 2 aromatic rings. The van der Waals surface area contributed by atoms with Crippen molar-refractivity contribution < 1.29 is 14.3 Å². The summed E-state index contributed by atoms with van der Waals surface area (Å²) in [6.07, 6.45) is 2.70. The van der Waals surface area contributed by atoms with E-state index in [1.54, 1.807) is 12.0 Å². The van der Waals surface area contributed by atoms with Crippen LogP contribution in [0.15, 0.2) is 24.3 Å². The molecular formula is C18H22N4O3S. The van der Waals surface area contributed by atoms with Crippen molar-refractivity contribution in [3.8, 4) is 5.75 Å². The van der Waals surface area contributed by atoms with Crippen LogP contribution in [0.1, 0.15) is 43.5 Å². The number of carbonyl (C=O) groups is 2. The molecule has 8 heteroatoms. The topological polar surface area (TPSA) is 84.4 Å². The van der Waals surface area contributed by atoms with Gasteiger partial charge in [-0.1, -0.05) is 24.7 Å². The number of carbonyl (C=O) groups excluding carboxylic acids is 2. The van der Waals surface area contributed by atoms with Gasteiger partial charge in [-0.05, 0) is 30.7 Å². The predicted octanol–water partition coefficient (Wildman–Crippen LogP) is 3.20. The zero-order valence-electron chi connectivity index (χ0n) is 14.9. The van der Waals surface area contributed by atoms with E-state index in [9.17, 15) is 9.59 Å². The Labute approximate surface area is 156 Å². The third-order valence-corrected chi connectivity index (χ3v) is 5.30. The van der Waals surface area contributed by atoms with Crippen molar-refractivity contribution >= 4 is 34.0 Å². The van der Waals surface area contributed by atoms with Crippen molar-refractivity contribution in [3.05, 3.63) is 29.3 Å². The number of anilines is 2. The summed E-state index contributed by atoms with van der Waals surface area (Å²) < 4.78 is 5.15. The Morgan fingerprint density at radius 2 is 2.12 bits per heavy atom. The first-order valence-corrected chi connectivity index (χ1v) is 9.50. The highest BCUT2D eigenvalue weighted by Crippen LogP contribution is 2.34. The van der Waals surface area contributed by atoms with Crippen LogP contribution in [0.5, 0.6) is 5.75 Å². The van der Waals surface area contributed by atoms with Crippen LogP contribution in [0.3, 0.4) is 0 Å². The van der Waals surface area contributed by atoms with E-state index in [1.165, 1.54) is 11.3 Å². The minimum atomic E-state index is -0.0445. The maximum absolute atomic E-state index is 12.4. The molecule has 0 aliphatic carbocycles. The van der Waals surface area contributed by atoms with Crippen LogP contribution in [-0.4, -0.2) is 35.7 Å². The number of benzene rings is 1. The van der Waals surface area contributed by atoms with Crippen molar-refractivity contribution in [3.63, 3.8) is 0 Å². The summed E-state index contributed by atoms with van der Waals surface area (Å²) in [7, 11) is 1.61. The van der Waals surface area contributed by atoms with Gasteiger partial charge >= 0.3 is 0 Å². The largest absolute Gasteiger partial charge is 0.497 e. The van der Waals surface area contributed by atoms with Crippen molar-refractivity contribution in [2.24, 2.45) is 0 Å². The summed E-state index contributed by atoms with van der Waals surface area (Å²) in [5.41, 5.74) is 0.843. The van der Waals surface area contributed by atoms with Gasteiger partial charge in [0.1, 0.15) is 10.8 Å². The second-order valence-electron chi connectivity index (χ2n) is 6.20. The maximum atomic E-state index is 12.4. The van der Waals surface area contributed by atoms with Crippen LogP contribution >= 0.6 is 11.3 Å². The average Bonchev–Trinajstić information content (AvgIpc) is 3.26. The van der Waals surface area contributed by atoms with E-state index in [0.717, 1.165) is 29.3 Å². The van der Waals surface area contributed by atoms with Gasteiger partial charge in [0.05, 0.1) is 7.11 Å². The monoisotopic (exact) mass is 374 g/mol. The lowest BCUT2D eigenvalue weighted by atomic mass is 10.1. The molecule has 1 aromatic heterocycles. The number of nitrogens with zero attached hydrogens (tertiary/aromatic N) is 3. The smallest absolute Gasteiger partial charge is 0.227 e. The van der Waals surface area contributed by atoms with E-state index in [0.29, 0.717) is 24.5 Å². The molecule has 0 unspecified atom stereocenters. The van der Waals surface area contributed by atoms with E-state index in [2.05, 4.69) is 15.5 Å². The Morgan fingerprint density at radius 3 is 2.81 bits per heavy atom. The number of methoxy groups -OCH3 is 1. The number of hydrogen-bond acceptors (Lipinski definition) is 6. The van der Waals surface area contributed by atoms with Gasteiger partial charge < -0.3 is 15.0 Å². The Hall–Kier alpha value is -2.48. The first-order chi connectivity index (χ1) is 12.6. The average molecular weight is 374 g/mol. The fraction of sp³-hybridized carbons (Fsp3) is 0.444. The lowest BCUT2D eigenvalue weighted by Crippen LogP contribution is -2.24. The molecule has 2 heterocycles. The third-order valence-electron chi connectivity index (χ3n) is 4.30. The molecule has 3 rings (SSSR count). The molecular weight excluding hydrogens is 352 g/mol. The molecule has 0 radical (unpaired) electrons. The molecule has 0 bridgehead atoms. The number of amides is 2. The van der Waals surface area contributed by atoms with Crippen molar-refractivity contribution in [2.75, 3.05) is 23.9 Å². The number of aromatic nitrogens is 2. The van der Waals surface area contributed by atoms with Crippen LogP contribution in [0.2, 0.25) is 0 Å². The van der Waals surface area contributed by atoms with Crippen LogP contribution in [0.25, 0.3) is 0 Å². The Bertz CT molecular complexity index is 775. The number of ether oxygens (including phenoxy) is 1. The minimum absolute atomic E-state index is 0.0107. The molecule has 0 saturated carbocycles. The summed E-state index contributed by atoms with van der Waals surface area (Å²) in [6.45, 7) is 2.60. The SMILES string of the molecule is CCCCC(=O)Nc1nnc([C@@H]2CC(=O)N(c3ccc(OC)cc3)C2)s1. The molecule has 2 amide bonds. The molecule has 26 heavy (non-hydrogen) atoms. The highest BCUT2D eigenvalue weighted by atomic mass is 32.1. The second-order valence-corrected chi connectivity index (χ2v) is 7.21. The molecule has 0 spiro atoms. The van der Waals surface area contributed by atoms with Gasteiger partial charge in [0.25, 0.3) is 0 Å². The summed E-state index contributed by atoms with van der Waals surface area (Å²) in [5.74, 6) is 0.758. The zero-order valence-corrected chi connectivity index (χ0v) is 15.7. The molecule has 1 atom stereocenters. The summed E-state index contributed by atoms with van der Waals surface area (Å²) in [6, 6.07) is 7.42. The number of rotatable bonds is 7. The van der Waals surface area contributed by atoms with Crippen LogP contribution in [0, 0.1) is 0 Å². The van der Waals surface area contributed by atoms with Gasteiger partial charge in [0, 0.05) is 31.0 Å². The van der Waals surface area contributed by atoms with Crippen LogP contribution < -0.4 is 15.0 Å². The van der Waals surface area contributed by atoms with Gasteiger partial charge in [0.15, 0.2) is 0 Å². The first kappa shape index (κ1) is 18.3. The van der Waals surface area contributed by atoms with Crippen molar-refractivity contribution in [2.45, 2.75) is 38.5 Å². The molecule has 1 aliphatic rings. The van der Waals surface area contributed by atoms with Gasteiger partial charge in [-0.3, -0.25) is 9.59 Å². The summed E-state index contributed by atoms with van der Waals surface area (Å²) in [5, 5.41) is 12.3. The van der Waals surface area contributed by atoms with Crippen LogP contribution in [0.4, 0.5) is 10.8 Å². The van der Waals surface area contributed by atoms with Gasteiger partial charge in [-0.15, -0.1) is 10.2 Å². The fourth-order valence-electron chi connectivity index (χ4n) is 2.85. The first-order valence-electron chi connectivity index (χ1n) is 8.68. The normalized spacial score (nSPS) is 16.8. The lowest BCUT2D eigenvalue weighted by Gasteiger charge is -2.16. The quantitative estimate of drug-likeness (QED) is 0.804. The van der Waals surface area contributed by atoms with E-state index < -0.39 is 0 Å². The molecule has 1 aromatic carbocycles. The lowest BCUT2D eigenvalue weighted by molar-refractivity contribution is -0.117. The third kappa shape index (κ3) is 4.19. The predicted molar refractivity (Wildman–Crippen MR) is 101 cm³/mol. The maximum Gasteiger partial charge on any atom is 0.227 e. The molecule has 7 nitrogen and oxygen atoms in total. The number of unbranched alkanes of at least 4 members (excludes halogenated alkanes) is 1. The Morgan fingerprint density at radius 1 is 1.35 bits per heavy atom. The van der Waals surface area contributed by atoms with E-state index in [4.69, 9.17) is 4.74 Å². The molecule has 1 N–H and O–H groups in total. The minimum Gasteiger partial charge on any atom is -0.497 e.